The lowest BCUT2D eigenvalue weighted by molar-refractivity contribution is -0.114. The van der Waals surface area contributed by atoms with Gasteiger partial charge in [-0.1, -0.05) is 44.2 Å². The maximum Gasteiger partial charge on any atom is 0.299 e. The summed E-state index contributed by atoms with van der Waals surface area (Å²) < 4.78 is 0. The van der Waals surface area contributed by atoms with Crippen LogP contribution in [0, 0.1) is 0 Å². The van der Waals surface area contributed by atoms with Gasteiger partial charge in [0.25, 0.3) is 11.7 Å². The average Bonchev–Trinajstić information content (AvgIpc) is 2.80. The predicted molar refractivity (Wildman–Crippen MR) is 88.4 cm³/mol. The Hall–Kier alpha value is -2.20. The van der Waals surface area contributed by atoms with Crippen molar-refractivity contribution >= 4 is 28.2 Å². The molecule has 2 aromatic rings. The van der Waals surface area contributed by atoms with Crippen molar-refractivity contribution in [3.05, 3.63) is 42.0 Å². The number of anilines is 1. The van der Waals surface area contributed by atoms with Crippen LogP contribution in [-0.4, -0.2) is 42.8 Å². The molecule has 22 heavy (non-hydrogen) atoms. The van der Waals surface area contributed by atoms with Crippen LogP contribution >= 0.6 is 0 Å². The summed E-state index contributed by atoms with van der Waals surface area (Å²) in [7, 11) is 0. The quantitative estimate of drug-likeness (QED) is 0.797. The van der Waals surface area contributed by atoms with Gasteiger partial charge in [-0.2, -0.15) is 0 Å². The zero-order valence-corrected chi connectivity index (χ0v) is 13.0. The lowest BCUT2D eigenvalue weighted by Crippen LogP contribution is -2.38. The second-order valence-electron chi connectivity index (χ2n) is 5.49. The molecule has 1 aliphatic heterocycles. The standard InChI is InChI=1S/C18H20N2O2/c1-3-19(4-2)11-12-20-15-10-9-13-7-5-6-8-14(13)16(15)17(21)18(20)22/h5-10H,3-4,11-12H2,1-2H3. The Morgan fingerprint density at radius 3 is 2.45 bits per heavy atom. The lowest BCUT2D eigenvalue weighted by atomic mass is 10.0. The SMILES string of the molecule is CCN(CC)CCN1C(=O)C(=O)c2c1ccc1ccccc21. The smallest absolute Gasteiger partial charge is 0.299 e. The molecule has 2 aromatic carbocycles. The third-order valence-corrected chi connectivity index (χ3v) is 4.40. The minimum atomic E-state index is -0.404. The van der Waals surface area contributed by atoms with Crippen molar-refractivity contribution in [1.82, 2.24) is 4.90 Å². The Balaban J connectivity index is 1.98. The van der Waals surface area contributed by atoms with Gasteiger partial charge in [-0.05, 0) is 29.9 Å². The van der Waals surface area contributed by atoms with E-state index in [4.69, 9.17) is 0 Å². The molecule has 0 spiro atoms. The molecular weight excluding hydrogens is 276 g/mol. The number of hydrogen-bond acceptors (Lipinski definition) is 3. The fourth-order valence-corrected chi connectivity index (χ4v) is 3.07. The predicted octanol–water partition coefficient (Wildman–Crippen LogP) is 2.71. The first-order valence-corrected chi connectivity index (χ1v) is 7.77. The van der Waals surface area contributed by atoms with Gasteiger partial charge in [-0.15, -0.1) is 0 Å². The van der Waals surface area contributed by atoms with E-state index in [0.717, 1.165) is 36.1 Å². The van der Waals surface area contributed by atoms with Crippen LogP contribution in [0.5, 0.6) is 0 Å². The van der Waals surface area contributed by atoms with E-state index in [1.165, 1.54) is 0 Å². The van der Waals surface area contributed by atoms with Gasteiger partial charge in [0.2, 0.25) is 0 Å². The highest BCUT2D eigenvalue weighted by Crippen LogP contribution is 2.34. The van der Waals surface area contributed by atoms with Gasteiger partial charge >= 0.3 is 0 Å². The van der Waals surface area contributed by atoms with Crippen LogP contribution < -0.4 is 4.90 Å². The van der Waals surface area contributed by atoms with Crippen molar-refractivity contribution < 1.29 is 9.59 Å². The maximum absolute atomic E-state index is 12.4. The number of hydrogen-bond donors (Lipinski definition) is 0. The number of nitrogens with zero attached hydrogens (tertiary/aromatic N) is 2. The Labute approximate surface area is 130 Å². The number of rotatable bonds is 5. The molecule has 114 valence electrons. The Morgan fingerprint density at radius 1 is 1.00 bits per heavy atom. The summed E-state index contributed by atoms with van der Waals surface area (Å²) in [5.41, 5.74) is 1.31. The van der Waals surface area contributed by atoms with Crippen molar-refractivity contribution in [1.29, 1.82) is 0 Å². The number of carbonyl (C=O) groups excluding carboxylic acids is 2. The lowest BCUT2D eigenvalue weighted by Gasteiger charge is -2.23. The van der Waals surface area contributed by atoms with E-state index in [-0.39, 0.29) is 5.78 Å². The Bertz CT molecular complexity index is 735. The van der Waals surface area contributed by atoms with Gasteiger partial charge in [-0.3, -0.25) is 9.59 Å². The number of benzene rings is 2. The molecule has 3 rings (SSSR count). The Morgan fingerprint density at radius 2 is 1.73 bits per heavy atom. The number of carbonyl (C=O) groups is 2. The molecule has 0 saturated heterocycles. The number of Topliss-reactive ketones (excluding diaryl/α,β-unsaturated/α-hetero) is 1. The molecule has 1 heterocycles. The summed E-state index contributed by atoms with van der Waals surface area (Å²) in [5, 5.41) is 1.86. The van der Waals surface area contributed by atoms with Crippen molar-refractivity contribution in [3.8, 4) is 0 Å². The molecule has 0 N–H and O–H groups in total. The topological polar surface area (TPSA) is 40.6 Å². The molecule has 0 saturated carbocycles. The second kappa shape index (κ2) is 5.89. The average molecular weight is 296 g/mol. The molecule has 4 heteroatoms. The van der Waals surface area contributed by atoms with Crippen LogP contribution in [0.4, 0.5) is 5.69 Å². The number of likely N-dealkylation sites (N-methyl/N-ethyl adjacent to an activating group) is 1. The van der Waals surface area contributed by atoms with Gasteiger partial charge in [-0.25, -0.2) is 0 Å². The van der Waals surface area contributed by atoms with Crippen molar-refractivity contribution in [2.75, 3.05) is 31.1 Å². The summed E-state index contributed by atoms with van der Waals surface area (Å²) in [6.45, 7) is 7.41. The van der Waals surface area contributed by atoms with Gasteiger partial charge in [0.05, 0.1) is 11.3 Å². The van der Waals surface area contributed by atoms with Gasteiger partial charge in [0.1, 0.15) is 0 Å². The van der Waals surface area contributed by atoms with E-state index in [0.29, 0.717) is 12.1 Å². The second-order valence-corrected chi connectivity index (χ2v) is 5.49. The normalized spacial score (nSPS) is 14.2. The molecule has 0 atom stereocenters. The highest BCUT2D eigenvalue weighted by atomic mass is 16.2. The highest BCUT2D eigenvalue weighted by Gasteiger charge is 2.36. The summed E-state index contributed by atoms with van der Waals surface area (Å²) in [5.74, 6) is -0.787. The summed E-state index contributed by atoms with van der Waals surface area (Å²) in [6, 6.07) is 11.6. The summed E-state index contributed by atoms with van der Waals surface area (Å²) in [6.07, 6.45) is 0. The van der Waals surface area contributed by atoms with Crippen LogP contribution in [0.3, 0.4) is 0 Å². The minimum absolute atomic E-state index is 0.383. The van der Waals surface area contributed by atoms with E-state index in [1.54, 1.807) is 4.90 Å². The first kappa shape index (κ1) is 14.7. The van der Waals surface area contributed by atoms with Crippen molar-refractivity contribution in [2.45, 2.75) is 13.8 Å². The largest absolute Gasteiger partial charge is 0.303 e. The van der Waals surface area contributed by atoms with Crippen LogP contribution in [0.1, 0.15) is 24.2 Å². The molecule has 0 aromatic heterocycles. The van der Waals surface area contributed by atoms with E-state index >= 15 is 0 Å². The fourth-order valence-electron chi connectivity index (χ4n) is 3.07. The maximum atomic E-state index is 12.4. The van der Waals surface area contributed by atoms with Crippen LogP contribution in [0.15, 0.2) is 36.4 Å². The van der Waals surface area contributed by atoms with Crippen molar-refractivity contribution in [2.24, 2.45) is 0 Å². The molecule has 4 nitrogen and oxygen atoms in total. The minimum Gasteiger partial charge on any atom is -0.303 e. The summed E-state index contributed by atoms with van der Waals surface area (Å²) >= 11 is 0. The van der Waals surface area contributed by atoms with Crippen LogP contribution in [0.2, 0.25) is 0 Å². The van der Waals surface area contributed by atoms with Gasteiger partial charge < -0.3 is 9.80 Å². The molecule has 1 amide bonds. The molecule has 0 radical (unpaired) electrons. The third kappa shape index (κ3) is 2.29. The molecule has 1 aliphatic rings. The molecule has 0 bridgehead atoms. The van der Waals surface area contributed by atoms with Crippen LogP contribution in [0.25, 0.3) is 10.8 Å². The summed E-state index contributed by atoms with van der Waals surface area (Å²) in [4.78, 5) is 28.6. The Kier molecular flexibility index (Phi) is 3.94. The molecule has 0 fully saturated rings. The zero-order valence-electron chi connectivity index (χ0n) is 13.0. The van der Waals surface area contributed by atoms with E-state index < -0.39 is 5.91 Å². The van der Waals surface area contributed by atoms with Crippen LogP contribution in [-0.2, 0) is 4.79 Å². The monoisotopic (exact) mass is 296 g/mol. The first-order chi connectivity index (χ1) is 10.7. The number of ketones is 1. The zero-order chi connectivity index (χ0) is 15.7. The van der Waals surface area contributed by atoms with E-state index in [2.05, 4.69) is 18.7 Å². The molecule has 0 aliphatic carbocycles. The van der Waals surface area contributed by atoms with Gasteiger partial charge in [0, 0.05) is 13.1 Å². The fraction of sp³-hybridized carbons (Fsp3) is 0.333. The van der Waals surface area contributed by atoms with E-state index in [1.807, 2.05) is 36.4 Å². The number of amides is 1. The number of fused-ring (bicyclic) bond motifs is 3. The molecular formula is C18H20N2O2. The van der Waals surface area contributed by atoms with Crippen molar-refractivity contribution in [3.63, 3.8) is 0 Å². The highest BCUT2D eigenvalue weighted by molar-refractivity contribution is 6.54. The third-order valence-electron chi connectivity index (χ3n) is 4.40. The first-order valence-electron chi connectivity index (χ1n) is 7.77. The van der Waals surface area contributed by atoms with E-state index in [9.17, 15) is 9.59 Å². The molecule has 0 unspecified atom stereocenters. The van der Waals surface area contributed by atoms with Gasteiger partial charge in [0.15, 0.2) is 0 Å².